The molecule has 0 fully saturated rings. The van der Waals surface area contributed by atoms with Crippen LogP contribution in [0.4, 0.5) is 0 Å². The van der Waals surface area contributed by atoms with Crippen LogP contribution in [-0.4, -0.2) is 13.2 Å². The van der Waals surface area contributed by atoms with Crippen LogP contribution >= 0.6 is 0 Å². The van der Waals surface area contributed by atoms with E-state index in [0.29, 0.717) is 12.5 Å². The second kappa shape index (κ2) is 7.46. The minimum atomic E-state index is 0.435. The molecule has 3 rings (SSSR count). The molecule has 116 valence electrons. The highest BCUT2D eigenvalue weighted by Crippen LogP contribution is 2.26. The third-order valence-corrected chi connectivity index (χ3v) is 4.59. The minimum absolute atomic E-state index is 0.435. The molecule has 1 atom stereocenters. The molecule has 0 spiro atoms. The topological polar surface area (TPSA) is 35.2 Å². The van der Waals surface area contributed by atoms with Gasteiger partial charge in [0.15, 0.2) is 0 Å². The Balaban J connectivity index is 1.47. The van der Waals surface area contributed by atoms with Gasteiger partial charge in [-0.3, -0.25) is 0 Å². The smallest absolute Gasteiger partial charge is 0.119 e. The van der Waals surface area contributed by atoms with Crippen LogP contribution < -0.4 is 10.5 Å². The minimum Gasteiger partial charge on any atom is -0.494 e. The van der Waals surface area contributed by atoms with Crippen LogP contribution in [0.25, 0.3) is 0 Å². The first-order chi connectivity index (χ1) is 10.9. The molecule has 0 radical (unpaired) electrons. The van der Waals surface area contributed by atoms with Crippen molar-refractivity contribution in [1.29, 1.82) is 0 Å². The van der Waals surface area contributed by atoms with Gasteiger partial charge in [-0.2, -0.15) is 0 Å². The van der Waals surface area contributed by atoms with Crippen LogP contribution in [0, 0.1) is 0 Å². The summed E-state index contributed by atoms with van der Waals surface area (Å²) in [5.41, 5.74) is 10.2. The molecule has 22 heavy (non-hydrogen) atoms. The number of rotatable bonds is 7. The first kappa shape index (κ1) is 15.1. The fourth-order valence-corrected chi connectivity index (χ4v) is 3.30. The highest BCUT2D eigenvalue weighted by Gasteiger charge is 2.12. The Morgan fingerprint density at radius 3 is 2.64 bits per heavy atom. The Labute approximate surface area is 133 Å². The molecule has 0 aromatic heterocycles. The number of aryl methyl sites for hydroxylation is 2. The van der Waals surface area contributed by atoms with Gasteiger partial charge < -0.3 is 10.5 Å². The normalized spacial score (nSPS) is 14.6. The maximum Gasteiger partial charge on any atom is 0.119 e. The summed E-state index contributed by atoms with van der Waals surface area (Å²) in [4.78, 5) is 0. The Bertz CT molecular complexity index is 594. The summed E-state index contributed by atoms with van der Waals surface area (Å²) in [7, 11) is 0. The van der Waals surface area contributed by atoms with Gasteiger partial charge in [0.05, 0.1) is 6.61 Å². The maximum atomic E-state index is 5.92. The predicted molar refractivity (Wildman–Crippen MR) is 91.4 cm³/mol. The second-order valence-electron chi connectivity index (χ2n) is 6.12. The van der Waals surface area contributed by atoms with Gasteiger partial charge in [0.25, 0.3) is 0 Å². The molecule has 2 nitrogen and oxygen atoms in total. The van der Waals surface area contributed by atoms with Crippen LogP contribution in [0.15, 0.2) is 48.5 Å². The molecule has 0 saturated carbocycles. The van der Waals surface area contributed by atoms with E-state index in [2.05, 4.69) is 42.5 Å². The number of fused-ring (bicyclic) bond motifs is 1. The van der Waals surface area contributed by atoms with E-state index < -0.39 is 0 Å². The molecular weight excluding hydrogens is 270 g/mol. The largest absolute Gasteiger partial charge is 0.494 e. The average molecular weight is 295 g/mol. The quantitative estimate of drug-likeness (QED) is 0.781. The lowest BCUT2D eigenvalue weighted by Gasteiger charge is -2.15. The summed E-state index contributed by atoms with van der Waals surface area (Å²) in [5, 5.41) is 0. The summed E-state index contributed by atoms with van der Waals surface area (Å²) < 4.78 is 5.92. The van der Waals surface area contributed by atoms with Crippen LogP contribution in [0.5, 0.6) is 5.75 Å². The molecule has 2 aromatic carbocycles. The molecule has 0 bridgehead atoms. The van der Waals surface area contributed by atoms with Crippen LogP contribution in [0.3, 0.4) is 0 Å². The molecule has 0 aliphatic heterocycles. The fraction of sp³-hybridized carbons (Fsp3) is 0.400. The van der Waals surface area contributed by atoms with Gasteiger partial charge in [-0.15, -0.1) is 0 Å². The van der Waals surface area contributed by atoms with Gasteiger partial charge in [0, 0.05) is 0 Å². The fourth-order valence-electron chi connectivity index (χ4n) is 3.30. The standard InChI is InChI=1S/C20H25NO/c21-15-19(16-6-2-1-3-7-16)10-5-13-22-20-12-11-17-8-4-9-18(17)14-20/h1-3,6-7,11-12,14,19H,4-5,8-10,13,15,21H2. The molecular formula is C20H25NO. The average Bonchev–Trinajstić information content (AvgIpc) is 3.03. The zero-order valence-electron chi connectivity index (χ0n) is 13.1. The predicted octanol–water partition coefficient (Wildman–Crippen LogP) is 4.08. The van der Waals surface area contributed by atoms with Crippen molar-refractivity contribution >= 4 is 0 Å². The third-order valence-electron chi connectivity index (χ3n) is 4.59. The third kappa shape index (κ3) is 3.69. The van der Waals surface area contributed by atoms with Crippen molar-refractivity contribution in [2.75, 3.05) is 13.2 Å². The lowest BCUT2D eigenvalue weighted by Crippen LogP contribution is -2.13. The highest BCUT2D eigenvalue weighted by molar-refractivity contribution is 5.38. The summed E-state index contributed by atoms with van der Waals surface area (Å²) in [6.07, 6.45) is 5.83. The van der Waals surface area contributed by atoms with E-state index in [0.717, 1.165) is 25.2 Å². The zero-order chi connectivity index (χ0) is 15.2. The lowest BCUT2D eigenvalue weighted by atomic mass is 9.95. The molecule has 2 aromatic rings. The SMILES string of the molecule is NCC(CCCOc1ccc2c(c1)CCC2)c1ccccc1. The highest BCUT2D eigenvalue weighted by atomic mass is 16.5. The Morgan fingerprint density at radius 2 is 1.82 bits per heavy atom. The van der Waals surface area contributed by atoms with Crippen molar-refractivity contribution in [2.24, 2.45) is 5.73 Å². The van der Waals surface area contributed by atoms with Crippen molar-refractivity contribution in [3.63, 3.8) is 0 Å². The summed E-state index contributed by atoms with van der Waals surface area (Å²) in [6, 6.07) is 17.1. The van der Waals surface area contributed by atoms with Crippen molar-refractivity contribution in [3.05, 3.63) is 65.2 Å². The van der Waals surface area contributed by atoms with Crippen molar-refractivity contribution < 1.29 is 4.74 Å². The zero-order valence-corrected chi connectivity index (χ0v) is 13.1. The molecule has 2 N–H and O–H groups in total. The maximum absolute atomic E-state index is 5.92. The number of hydrogen-bond donors (Lipinski definition) is 1. The molecule has 1 unspecified atom stereocenters. The molecule has 0 amide bonds. The first-order valence-electron chi connectivity index (χ1n) is 8.36. The van der Waals surface area contributed by atoms with Crippen LogP contribution in [0.2, 0.25) is 0 Å². The molecule has 0 heterocycles. The Morgan fingerprint density at radius 1 is 1.00 bits per heavy atom. The number of benzene rings is 2. The van der Waals surface area contributed by atoms with E-state index in [1.165, 1.54) is 36.0 Å². The van der Waals surface area contributed by atoms with Crippen molar-refractivity contribution in [1.82, 2.24) is 0 Å². The number of nitrogens with two attached hydrogens (primary N) is 1. The van der Waals surface area contributed by atoms with Crippen LogP contribution in [-0.2, 0) is 12.8 Å². The second-order valence-corrected chi connectivity index (χ2v) is 6.12. The van der Waals surface area contributed by atoms with Gasteiger partial charge in [0.1, 0.15) is 5.75 Å². The lowest BCUT2D eigenvalue weighted by molar-refractivity contribution is 0.301. The number of ether oxygens (including phenoxy) is 1. The van der Waals surface area contributed by atoms with E-state index in [4.69, 9.17) is 10.5 Å². The van der Waals surface area contributed by atoms with Crippen molar-refractivity contribution in [2.45, 2.75) is 38.0 Å². The van der Waals surface area contributed by atoms with Gasteiger partial charge in [0.2, 0.25) is 0 Å². The van der Waals surface area contributed by atoms with E-state index in [1.807, 2.05) is 6.07 Å². The van der Waals surface area contributed by atoms with E-state index in [9.17, 15) is 0 Å². The van der Waals surface area contributed by atoms with Gasteiger partial charge in [-0.1, -0.05) is 36.4 Å². The summed E-state index contributed by atoms with van der Waals surface area (Å²) in [5.74, 6) is 1.45. The summed E-state index contributed by atoms with van der Waals surface area (Å²) in [6.45, 7) is 1.46. The van der Waals surface area contributed by atoms with Gasteiger partial charge >= 0.3 is 0 Å². The molecule has 1 aliphatic rings. The monoisotopic (exact) mass is 295 g/mol. The van der Waals surface area contributed by atoms with Gasteiger partial charge in [-0.05, 0) is 73.4 Å². The molecule has 0 saturated heterocycles. The van der Waals surface area contributed by atoms with E-state index >= 15 is 0 Å². The van der Waals surface area contributed by atoms with Crippen molar-refractivity contribution in [3.8, 4) is 5.75 Å². The number of hydrogen-bond acceptors (Lipinski definition) is 2. The Hall–Kier alpha value is -1.80. The van der Waals surface area contributed by atoms with Crippen LogP contribution in [0.1, 0.15) is 41.9 Å². The van der Waals surface area contributed by atoms with E-state index in [-0.39, 0.29) is 0 Å². The molecule has 2 heteroatoms. The van der Waals surface area contributed by atoms with Gasteiger partial charge in [-0.25, -0.2) is 0 Å². The van der Waals surface area contributed by atoms with E-state index in [1.54, 1.807) is 0 Å². The summed E-state index contributed by atoms with van der Waals surface area (Å²) >= 11 is 0. The first-order valence-corrected chi connectivity index (χ1v) is 8.36. The molecule has 1 aliphatic carbocycles. The Kier molecular flexibility index (Phi) is 5.12.